The SMILES string of the molecule is Cc1cc(-c2ccc3c(c2)c2cc(-c4cc(C)cc(C(F)(F)F)c4)ccc2n3-c2ccc(-c3cccc([Si](c4ccccc4)(c4ccccc4)c4ccccc4)c3)cc2-c2nc(-c3ccccc3)nc(-c3ccccc3)n2)cc(C(F)(F)F)c1. The highest BCUT2D eigenvalue weighted by molar-refractivity contribution is 7.19. The zero-order chi connectivity index (χ0) is 57.7. The lowest BCUT2D eigenvalue weighted by Crippen LogP contribution is -2.74. The molecule has 0 aliphatic carbocycles. The average Bonchev–Trinajstić information content (AvgIpc) is 2.12. The molecule has 11 aromatic carbocycles. The van der Waals surface area contributed by atoms with Gasteiger partial charge in [-0.05, 0) is 140 Å². The average molecular weight is 1130 g/mol. The summed E-state index contributed by atoms with van der Waals surface area (Å²) in [5.41, 5.74) is 7.21. The summed E-state index contributed by atoms with van der Waals surface area (Å²) in [6.07, 6.45) is -9.18. The zero-order valence-corrected chi connectivity index (χ0v) is 46.5. The van der Waals surface area contributed by atoms with Crippen molar-refractivity contribution in [2.24, 2.45) is 0 Å². The van der Waals surface area contributed by atoms with E-state index >= 15 is 0 Å². The minimum Gasteiger partial charge on any atom is -0.308 e. The zero-order valence-electron chi connectivity index (χ0n) is 45.5. The van der Waals surface area contributed by atoms with E-state index in [1.54, 1.807) is 26.0 Å². The Hall–Kier alpha value is -9.97. The molecule has 0 saturated carbocycles. The fourth-order valence-electron chi connectivity index (χ4n) is 11.9. The summed E-state index contributed by atoms with van der Waals surface area (Å²) in [5.74, 6) is 1.28. The summed E-state index contributed by atoms with van der Waals surface area (Å²) < 4.78 is 88.5. The number of benzene rings is 11. The number of nitrogens with zero attached hydrogens (tertiary/aromatic N) is 4. The Morgan fingerprint density at radius 2 is 0.679 bits per heavy atom. The number of alkyl halides is 6. The van der Waals surface area contributed by atoms with Crippen molar-refractivity contribution in [2.45, 2.75) is 26.2 Å². The van der Waals surface area contributed by atoms with Crippen LogP contribution in [0.25, 0.3) is 95.0 Å². The molecule has 0 aliphatic heterocycles. The molecular weight excluding hydrogens is 1070 g/mol. The maximum Gasteiger partial charge on any atom is 0.416 e. The standard InChI is InChI=1S/C73H50F6N4Si/c1-47-37-55(41-57(39-47)72(74,75)76)53-32-34-66-63(44-53)64-45-54(56-38-48(2)40-58(42-56)73(77,78)79)33-35-67(64)83(66)68-36-31-52(46-65(68)71-81-69(49-19-8-3-9-20-49)80-70(82-71)50-21-10-4-11-22-50)51-23-18-30-62(43-51)84(59-24-12-5-13-25-59,60-26-14-6-15-27-60)61-28-16-7-17-29-61/h3-46H,1-2H3. The summed E-state index contributed by atoms with van der Waals surface area (Å²) >= 11 is 0. The molecule has 0 unspecified atom stereocenters. The van der Waals surface area contributed by atoms with Gasteiger partial charge < -0.3 is 4.57 Å². The number of aromatic nitrogens is 4. The van der Waals surface area contributed by atoms with E-state index < -0.39 is 31.6 Å². The van der Waals surface area contributed by atoms with E-state index in [2.05, 4.69) is 138 Å². The van der Waals surface area contributed by atoms with Crippen LogP contribution in [0, 0.1) is 13.8 Å². The van der Waals surface area contributed by atoms with Crippen LogP contribution in [-0.2, 0) is 12.4 Å². The van der Waals surface area contributed by atoms with Gasteiger partial charge in [-0.3, -0.25) is 0 Å². The Labute approximate surface area is 482 Å². The van der Waals surface area contributed by atoms with Gasteiger partial charge in [0.15, 0.2) is 25.5 Å². The van der Waals surface area contributed by atoms with E-state index in [4.69, 9.17) is 15.0 Å². The van der Waals surface area contributed by atoms with Crippen molar-refractivity contribution in [3.63, 3.8) is 0 Å². The van der Waals surface area contributed by atoms with Gasteiger partial charge in [-0.25, -0.2) is 15.0 Å². The predicted octanol–water partition coefficient (Wildman–Crippen LogP) is 17.0. The van der Waals surface area contributed by atoms with Crippen molar-refractivity contribution in [3.8, 4) is 73.2 Å². The second-order valence-corrected chi connectivity index (χ2v) is 25.0. The molecule has 0 aliphatic rings. The van der Waals surface area contributed by atoms with Gasteiger partial charge in [0.1, 0.15) is 0 Å². The van der Waals surface area contributed by atoms with Crippen molar-refractivity contribution in [1.29, 1.82) is 0 Å². The van der Waals surface area contributed by atoms with Crippen LogP contribution in [0.1, 0.15) is 22.3 Å². The normalized spacial score (nSPS) is 12.0. The smallest absolute Gasteiger partial charge is 0.308 e. The van der Waals surface area contributed by atoms with E-state index in [9.17, 15) is 26.3 Å². The van der Waals surface area contributed by atoms with Crippen LogP contribution in [0.2, 0.25) is 0 Å². The molecule has 0 fully saturated rings. The van der Waals surface area contributed by atoms with E-state index in [0.717, 1.165) is 46.5 Å². The van der Waals surface area contributed by atoms with Gasteiger partial charge in [0.25, 0.3) is 0 Å². The van der Waals surface area contributed by atoms with Gasteiger partial charge in [0.2, 0.25) is 0 Å². The van der Waals surface area contributed by atoms with Crippen LogP contribution in [0.3, 0.4) is 0 Å². The molecule has 13 aromatic rings. The molecule has 0 radical (unpaired) electrons. The second-order valence-electron chi connectivity index (χ2n) is 21.2. The summed E-state index contributed by atoms with van der Waals surface area (Å²) in [7, 11) is -2.99. The summed E-state index contributed by atoms with van der Waals surface area (Å²) in [4.78, 5) is 15.7. The fraction of sp³-hybridized carbons (Fsp3) is 0.0548. The van der Waals surface area contributed by atoms with Crippen molar-refractivity contribution in [1.82, 2.24) is 19.5 Å². The largest absolute Gasteiger partial charge is 0.416 e. The van der Waals surface area contributed by atoms with Gasteiger partial charge in [0.05, 0.1) is 27.8 Å². The number of halogens is 6. The highest BCUT2D eigenvalue weighted by atomic mass is 28.3. The van der Waals surface area contributed by atoms with Gasteiger partial charge in [0, 0.05) is 27.5 Å². The van der Waals surface area contributed by atoms with Crippen molar-refractivity contribution in [2.75, 3.05) is 0 Å². The molecule has 2 heterocycles. The Morgan fingerprint density at radius 1 is 0.310 bits per heavy atom. The second kappa shape index (κ2) is 21.4. The molecule has 0 bridgehead atoms. The number of hydrogen-bond acceptors (Lipinski definition) is 3. The van der Waals surface area contributed by atoms with Crippen LogP contribution in [0.15, 0.2) is 267 Å². The van der Waals surface area contributed by atoms with Crippen LogP contribution < -0.4 is 20.7 Å². The van der Waals surface area contributed by atoms with E-state index in [1.165, 1.54) is 20.7 Å². The van der Waals surface area contributed by atoms with Gasteiger partial charge in [-0.1, -0.05) is 206 Å². The topological polar surface area (TPSA) is 43.6 Å². The van der Waals surface area contributed by atoms with E-state index in [0.29, 0.717) is 83.9 Å². The monoisotopic (exact) mass is 1120 g/mol. The Bertz CT molecular complexity index is 4310. The molecule has 11 heteroatoms. The number of hydrogen-bond donors (Lipinski definition) is 0. The first kappa shape index (κ1) is 53.3. The Balaban J connectivity index is 1.09. The molecule has 13 rings (SSSR count). The summed E-state index contributed by atoms with van der Waals surface area (Å²) in [5, 5.41) is 6.19. The Kier molecular flexibility index (Phi) is 13.6. The molecular formula is C73H50F6N4Si. The van der Waals surface area contributed by atoms with Crippen molar-refractivity contribution in [3.05, 3.63) is 289 Å². The van der Waals surface area contributed by atoms with Crippen molar-refractivity contribution >= 4 is 50.6 Å². The third kappa shape index (κ3) is 9.96. The lowest BCUT2D eigenvalue weighted by atomic mass is 9.96. The first-order chi connectivity index (χ1) is 40.7. The first-order valence-electron chi connectivity index (χ1n) is 27.4. The maximum atomic E-state index is 14.4. The van der Waals surface area contributed by atoms with Crippen LogP contribution in [-0.4, -0.2) is 27.6 Å². The molecule has 0 saturated heterocycles. The van der Waals surface area contributed by atoms with Gasteiger partial charge >= 0.3 is 12.4 Å². The molecule has 0 N–H and O–H groups in total. The fourth-order valence-corrected chi connectivity index (χ4v) is 16.7. The third-order valence-electron chi connectivity index (χ3n) is 15.7. The highest BCUT2D eigenvalue weighted by Crippen LogP contribution is 2.43. The number of rotatable bonds is 11. The Morgan fingerprint density at radius 3 is 1.12 bits per heavy atom. The van der Waals surface area contributed by atoms with Gasteiger partial charge in [-0.2, -0.15) is 26.3 Å². The minimum atomic E-state index is -4.59. The third-order valence-corrected chi connectivity index (χ3v) is 20.4. The summed E-state index contributed by atoms with van der Waals surface area (Å²) in [6, 6.07) is 85.9. The van der Waals surface area contributed by atoms with E-state index in [-0.39, 0.29) is 0 Å². The summed E-state index contributed by atoms with van der Waals surface area (Å²) in [6.45, 7) is 3.27. The molecule has 0 amide bonds. The molecule has 84 heavy (non-hydrogen) atoms. The van der Waals surface area contributed by atoms with Crippen molar-refractivity contribution < 1.29 is 26.3 Å². The number of fused-ring (bicyclic) bond motifs is 3. The predicted molar refractivity (Wildman–Crippen MR) is 330 cm³/mol. The lowest BCUT2D eigenvalue weighted by molar-refractivity contribution is -0.138. The van der Waals surface area contributed by atoms with Crippen LogP contribution in [0.4, 0.5) is 26.3 Å². The molecule has 4 nitrogen and oxygen atoms in total. The number of aryl methyl sites for hydroxylation is 2. The van der Waals surface area contributed by atoms with Gasteiger partial charge in [-0.15, -0.1) is 0 Å². The molecule has 0 spiro atoms. The molecule has 408 valence electrons. The van der Waals surface area contributed by atoms with E-state index in [1.807, 2.05) is 97.1 Å². The van der Waals surface area contributed by atoms with Crippen LogP contribution in [0.5, 0.6) is 0 Å². The van der Waals surface area contributed by atoms with Crippen LogP contribution >= 0.6 is 0 Å². The lowest BCUT2D eigenvalue weighted by Gasteiger charge is -2.34. The molecule has 2 aromatic heterocycles. The minimum absolute atomic E-state index is 0.369. The highest BCUT2D eigenvalue weighted by Gasteiger charge is 2.41. The maximum absolute atomic E-state index is 14.4. The molecule has 0 atom stereocenters. The first-order valence-corrected chi connectivity index (χ1v) is 29.4. The quantitative estimate of drug-likeness (QED) is 0.0736.